The number of ether oxygens (including phenoxy) is 1. The third-order valence-electron chi connectivity index (χ3n) is 3.43. The van der Waals surface area contributed by atoms with E-state index in [1.54, 1.807) is 0 Å². The van der Waals surface area contributed by atoms with Crippen LogP contribution in [0, 0.1) is 0 Å². The molecule has 1 aliphatic rings. The van der Waals surface area contributed by atoms with E-state index in [2.05, 4.69) is 40.0 Å². The quantitative estimate of drug-likeness (QED) is 0.929. The summed E-state index contributed by atoms with van der Waals surface area (Å²) in [5.74, 6) is 0. The topological polar surface area (TPSA) is 38.5 Å². The molecule has 4 heteroatoms. The van der Waals surface area contributed by atoms with Gasteiger partial charge in [-0.25, -0.2) is 0 Å². The second kappa shape index (κ2) is 6.55. The van der Waals surface area contributed by atoms with Crippen LogP contribution in [0.2, 0.25) is 0 Å². The van der Waals surface area contributed by atoms with Crippen molar-refractivity contribution in [3.05, 3.63) is 28.2 Å². The van der Waals surface area contributed by atoms with Gasteiger partial charge in [0.05, 0.1) is 6.10 Å². The van der Waals surface area contributed by atoms with Gasteiger partial charge in [0.15, 0.2) is 0 Å². The average Bonchev–Trinajstić information content (AvgIpc) is 2.40. The molecule has 0 bridgehead atoms. The van der Waals surface area contributed by atoms with Crippen molar-refractivity contribution in [2.75, 3.05) is 25.1 Å². The summed E-state index contributed by atoms with van der Waals surface area (Å²) in [7, 11) is 2.11. The van der Waals surface area contributed by atoms with Gasteiger partial charge in [0.1, 0.15) is 0 Å². The lowest BCUT2D eigenvalue weighted by Crippen LogP contribution is -2.34. The molecule has 2 rings (SSSR count). The molecule has 100 valence electrons. The average molecular weight is 313 g/mol. The first-order chi connectivity index (χ1) is 8.70. The summed E-state index contributed by atoms with van der Waals surface area (Å²) in [6, 6.07) is 6.25. The van der Waals surface area contributed by atoms with Gasteiger partial charge in [-0.1, -0.05) is 22.0 Å². The maximum absolute atomic E-state index is 5.80. The highest BCUT2D eigenvalue weighted by molar-refractivity contribution is 9.10. The lowest BCUT2D eigenvalue weighted by atomic mass is 10.1. The molecule has 1 heterocycles. The molecule has 0 saturated carbocycles. The van der Waals surface area contributed by atoms with E-state index in [4.69, 9.17) is 10.5 Å². The Bertz CT molecular complexity index is 391. The van der Waals surface area contributed by atoms with Crippen molar-refractivity contribution >= 4 is 21.6 Å². The highest BCUT2D eigenvalue weighted by Gasteiger charge is 2.17. The summed E-state index contributed by atoms with van der Waals surface area (Å²) in [6.45, 7) is 2.41. The number of benzene rings is 1. The number of likely N-dealkylation sites (N-methyl/N-ethyl adjacent to an activating group) is 1. The molecule has 1 aliphatic heterocycles. The van der Waals surface area contributed by atoms with Crippen LogP contribution in [0.5, 0.6) is 0 Å². The van der Waals surface area contributed by atoms with E-state index in [1.807, 2.05) is 6.07 Å². The first kappa shape index (κ1) is 13.8. The second-order valence-electron chi connectivity index (χ2n) is 4.85. The van der Waals surface area contributed by atoms with Crippen LogP contribution in [-0.4, -0.2) is 26.3 Å². The summed E-state index contributed by atoms with van der Waals surface area (Å²) in [5.41, 5.74) is 8.17. The maximum atomic E-state index is 5.80. The fourth-order valence-electron chi connectivity index (χ4n) is 2.42. The van der Waals surface area contributed by atoms with E-state index >= 15 is 0 Å². The predicted molar refractivity (Wildman–Crippen MR) is 78.9 cm³/mol. The molecule has 3 nitrogen and oxygen atoms in total. The molecule has 1 atom stereocenters. The molecule has 0 spiro atoms. The fourth-order valence-corrected chi connectivity index (χ4v) is 2.77. The minimum Gasteiger partial charge on any atom is -0.376 e. The number of hydrogen-bond donors (Lipinski definition) is 1. The molecule has 0 amide bonds. The Morgan fingerprint density at radius 1 is 1.44 bits per heavy atom. The third kappa shape index (κ3) is 3.46. The smallest absolute Gasteiger partial charge is 0.0749 e. The van der Waals surface area contributed by atoms with Crippen molar-refractivity contribution in [1.82, 2.24) is 0 Å². The second-order valence-corrected chi connectivity index (χ2v) is 5.76. The van der Waals surface area contributed by atoms with Gasteiger partial charge in [0.25, 0.3) is 0 Å². The lowest BCUT2D eigenvalue weighted by molar-refractivity contribution is 0.0216. The molecule has 0 radical (unpaired) electrons. The zero-order valence-electron chi connectivity index (χ0n) is 10.9. The van der Waals surface area contributed by atoms with E-state index < -0.39 is 0 Å². The molecule has 0 aromatic heterocycles. The van der Waals surface area contributed by atoms with Crippen molar-refractivity contribution in [2.24, 2.45) is 5.73 Å². The van der Waals surface area contributed by atoms with Crippen LogP contribution in [-0.2, 0) is 11.3 Å². The SMILES string of the molecule is CN(CC1CCCCO1)c1cc(Br)ccc1CN. The zero-order valence-corrected chi connectivity index (χ0v) is 12.4. The van der Waals surface area contributed by atoms with Crippen LogP contribution in [0.1, 0.15) is 24.8 Å². The van der Waals surface area contributed by atoms with Gasteiger partial charge in [-0.3, -0.25) is 0 Å². The number of anilines is 1. The summed E-state index contributed by atoms with van der Waals surface area (Å²) in [5, 5.41) is 0. The van der Waals surface area contributed by atoms with E-state index in [9.17, 15) is 0 Å². The Kier molecular flexibility index (Phi) is 5.03. The van der Waals surface area contributed by atoms with Gasteiger partial charge in [0, 0.05) is 36.9 Å². The molecule has 18 heavy (non-hydrogen) atoms. The van der Waals surface area contributed by atoms with Gasteiger partial charge in [-0.2, -0.15) is 0 Å². The Morgan fingerprint density at radius 2 is 2.28 bits per heavy atom. The zero-order chi connectivity index (χ0) is 13.0. The minimum absolute atomic E-state index is 0.355. The van der Waals surface area contributed by atoms with Gasteiger partial charge in [0.2, 0.25) is 0 Å². The van der Waals surface area contributed by atoms with Gasteiger partial charge < -0.3 is 15.4 Å². The van der Waals surface area contributed by atoms with E-state index in [1.165, 1.54) is 24.1 Å². The molecule has 2 N–H and O–H groups in total. The van der Waals surface area contributed by atoms with Crippen molar-refractivity contribution in [1.29, 1.82) is 0 Å². The monoisotopic (exact) mass is 312 g/mol. The maximum Gasteiger partial charge on any atom is 0.0749 e. The predicted octanol–water partition coefficient (Wildman–Crippen LogP) is 2.91. The Labute approximate surface area is 117 Å². The summed E-state index contributed by atoms with van der Waals surface area (Å²) < 4.78 is 6.88. The summed E-state index contributed by atoms with van der Waals surface area (Å²) in [4.78, 5) is 2.25. The van der Waals surface area contributed by atoms with Crippen LogP contribution in [0.25, 0.3) is 0 Å². The number of nitrogens with zero attached hydrogens (tertiary/aromatic N) is 1. The Morgan fingerprint density at radius 3 is 2.94 bits per heavy atom. The molecule has 1 aromatic rings. The molecule has 1 saturated heterocycles. The number of nitrogens with two attached hydrogens (primary N) is 1. The first-order valence-electron chi connectivity index (χ1n) is 6.52. The highest BCUT2D eigenvalue weighted by atomic mass is 79.9. The van der Waals surface area contributed by atoms with Gasteiger partial charge >= 0.3 is 0 Å². The molecular weight excluding hydrogens is 292 g/mol. The Balaban J connectivity index is 2.07. The summed E-state index contributed by atoms with van der Waals surface area (Å²) in [6.07, 6.45) is 4.00. The number of halogens is 1. The van der Waals surface area contributed by atoms with E-state index in [0.29, 0.717) is 12.6 Å². The minimum atomic E-state index is 0.355. The van der Waals surface area contributed by atoms with E-state index in [-0.39, 0.29) is 0 Å². The first-order valence-corrected chi connectivity index (χ1v) is 7.31. The van der Waals surface area contributed by atoms with E-state index in [0.717, 1.165) is 24.0 Å². The number of rotatable bonds is 4. The molecule has 1 aromatic carbocycles. The fraction of sp³-hybridized carbons (Fsp3) is 0.571. The van der Waals surface area contributed by atoms with Crippen LogP contribution < -0.4 is 10.6 Å². The van der Waals surface area contributed by atoms with Gasteiger partial charge in [-0.05, 0) is 37.0 Å². The highest BCUT2D eigenvalue weighted by Crippen LogP contribution is 2.25. The van der Waals surface area contributed by atoms with Gasteiger partial charge in [-0.15, -0.1) is 0 Å². The van der Waals surface area contributed by atoms with Crippen molar-refractivity contribution in [3.8, 4) is 0 Å². The largest absolute Gasteiger partial charge is 0.376 e. The Hall–Kier alpha value is -0.580. The van der Waals surface area contributed by atoms with Crippen LogP contribution >= 0.6 is 15.9 Å². The lowest BCUT2D eigenvalue weighted by Gasteiger charge is -2.29. The molecule has 1 fully saturated rings. The van der Waals surface area contributed by atoms with Crippen molar-refractivity contribution < 1.29 is 4.74 Å². The van der Waals surface area contributed by atoms with Crippen LogP contribution in [0.15, 0.2) is 22.7 Å². The van der Waals surface area contributed by atoms with Crippen molar-refractivity contribution in [3.63, 3.8) is 0 Å². The van der Waals surface area contributed by atoms with Crippen LogP contribution in [0.3, 0.4) is 0 Å². The molecule has 1 unspecified atom stereocenters. The standard InChI is InChI=1S/C14H21BrN2O/c1-17(10-13-4-2-3-7-18-13)14-8-12(15)6-5-11(14)9-16/h5-6,8,13H,2-4,7,9-10,16H2,1H3. The normalized spacial score (nSPS) is 19.8. The summed E-state index contributed by atoms with van der Waals surface area (Å²) >= 11 is 3.52. The molecule has 0 aliphatic carbocycles. The third-order valence-corrected chi connectivity index (χ3v) is 3.92. The number of hydrogen-bond acceptors (Lipinski definition) is 3. The van der Waals surface area contributed by atoms with Crippen molar-refractivity contribution in [2.45, 2.75) is 31.9 Å². The van der Waals surface area contributed by atoms with Crippen LogP contribution in [0.4, 0.5) is 5.69 Å². The molecular formula is C14H21BrN2O.